The molecule has 1 atom stereocenters. The van der Waals surface area contributed by atoms with Crippen LogP contribution in [0, 0.1) is 5.92 Å². The lowest BCUT2D eigenvalue weighted by molar-refractivity contribution is -0.118. The van der Waals surface area contributed by atoms with Gasteiger partial charge >= 0.3 is 12.1 Å². The third kappa shape index (κ3) is 5.01. The number of anilines is 1. The van der Waals surface area contributed by atoms with Crippen LogP contribution in [0.15, 0.2) is 67.0 Å². The summed E-state index contributed by atoms with van der Waals surface area (Å²) in [4.78, 5) is 40.7. The van der Waals surface area contributed by atoms with Crippen LogP contribution >= 0.6 is 0 Å². The quantitative estimate of drug-likeness (QED) is 0.448. The van der Waals surface area contributed by atoms with Gasteiger partial charge in [0.15, 0.2) is 0 Å². The van der Waals surface area contributed by atoms with E-state index in [1.54, 1.807) is 0 Å². The number of nitrogens with one attached hydrogen (secondary N) is 2. The molecule has 1 unspecified atom stereocenters. The maximum Gasteiger partial charge on any atom is 0.407 e. The molecule has 0 saturated heterocycles. The molecule has 178 valence electrons. The van der Waals surface area contributed by atoms with E-state index in [0.29, 0.717) is 12.3 Å². The van der Waals surface area contributed by atoms with Crippen molar-refractivity contribution in [3.63, 3.8) is 0 Å². The summed E-state index contributed by atoms with van der Waals surface area (Å²) in [7, 11) is 0. The van der Waals surface area contributed by atoms with Gasteiger partial charge < -0.3 is 20.5 Å². The topological polar surface area (TPSA) is 118 Å². The molecule has 8 nitrogen and oxygen atoms in total. The van der Waals surface area contributed by atoms with E-state index in [9.17, 15) is 14.4 Å². The van der Waals surface area contributed by atoms with Gasteiger partial charge in [-0.1, -0.05) is 61.4 Å². The number of hydrogen-bond donors (Lipinski definition) is 3. The van der Waals surface area contributed by atoms with Crippen molar-refractivity contribution in [1.82, 2.24) is 10.3 Å². The minimum absolute atomic E-state index is 0.0361. The Kier molecular flexibility index (Phi) is 6.18. The van der Waals surface area contributed by atoms with Gasteiger partial charge in [0.1, 0.15) is 12.6 Å². The van der Waals surface area contributed by atoms with Crippen LogP contribution in [0.2, 0.25) is 0 Å². The van der Waals surface area contributed by atoms with Gasteiger partial charge in [-0.25, -0.2) is 9.59 Å². The predicted octanol–water partition coefficient (Wildman–Crippen LogP) is 4.43. The first-order valence-corrected chi connectivity index (χ1v) is 11.6. The highest BCUT2D eigenvalue weighted by Gasteiger charge is 2.32. The van der Waals surface area contributed by atoms with E-state index in [-0.39, 0.29) is 23.8 Å². The maximum atomic E-state index is 12.9. The van der Waals surface area contributed by atoms with E-state index in [4.69, 9.17) is 9.84 Å². The van der Waals surface area contributed by atoms with Gasteiger partial charge in [-0.3, -0.25) is 9.78 Å². The minimum Gasteiger partial charge on any atom is -0.478 e. The molecule has 2 aromatic carbocycles. The summed E-state index contributed by atoms with van der Waals surface area (Å²) in [6.45, 7) is 0.155. The summed E-state index contributed by atoms with van der Waals surface area (Å²) in [5.74, 6) is -1.29. The predicted molar refractivity (Wildman–Crippen MR) is 129 cm³/mol. The second-order valence-corrected chi connectivity index (χ2v) is 8.96. The molecule has 0 spiro atoms. The summed E-state index contributed by atoms with van der Waals surface area (Å²) < 4.78 is 5.60. The van der Waals surface area contributed by atoms with E-state index in [1.807, 2.05) is 36.4 Å². The summed E-state index contributed by atoms with van der Waals surface area (Å²) in [5, 5.41) is 14.5. The second kappa shape index (κ2) is 9.58. The minimum atomic E-state index is -1.14. The molecule has 35 heavy (non-hydrogen) atoms. The summed E-state index contributed by atoms with van der Waals surface area (Å²) in [6.07, 6.45) is 4.41. The van der Waals surface area contributed by atoms with Crippen LogP contribution in [0.1, 0.15) is 46.7 Å². The monoisotopic (exact) mass is 471 g/mol. The number of rotatable bonds is 8. The van der Waals surface area contributed by atoms with Gasteiger partial charge in [-0.15, -0.1) is 0 Å². The number of ether oxygens (including phenoxy) is 1. The fourth-order valence-electron chi connectivity index (χ4n) is 4.56. The molecule has 1 fully saturated rings. The number of alkyl carbamates (subject to hydrolysis) is 1. The van der Waals surface area contributed by atoms with Gasteiger partial charge in [0.25, 0.3) is 0 Å². The molecule has 2 aliphatic carbocycles. The Morgan fingerprint density at radius 3 is 2.29 bits per heavy atom. The van der Waals surface area contributed by atoms with Crippen molar-refractivity contribution in [3.05, 3.63) is 83.7 Å². The lowest BCUT2D eigenvalue weighted by atomic mass is 9.98. The smallest absolute Gasteiger partial charge is 0.407 e. The Morgan fingerprint density at radius 2 is 1.66 bits per heavy atom. The number of benzene rings is 2. The molecule has 1 heterocycles. The number of aromatic carboxylic acids is 1. The Bertz CT molecular complexity index is 1240. The maximum absolute atomic E-state index is 12.9. The molecule has 8 heteroatoms. The first-order chi connectivity index (χ1) is 17.0. The highest BCUT2D eigenvalue weighted by atomic mass is 16.5. The third-order valence-corrected chi connectivity index (χ3v) is 6.47. The van der Waals surface area contributed by atoms with E-state index in [0.717, 1.165) is 35.1 Å². The fraction of sp³-hybridized carbons (Fsp3) is 0.259. The van der Waals surface area contributed by atoms with Crippen molar-refractivity contribution in [3.8, 4) is 11.1 Å². The van der Waals surface area contributed by atoms with Crippen LogP contribution in [0.3, 0.4) is 0 Å². The number of amides is 2. The second-order valence-electron chi connectivity index (χ2n) is 8.96. The highest BCUT2D eigenvalue weighted by molar-refractivity contribution is 5.97. The molecule has 2 amide bonds. The number of carbonyl (C=O) groups excluding carboxylic acids is 2. The molecule has 3 N–H and O–H groups in total. The molecule has 5 rings (SSSR count). The van der Waals surface area contributed by atoms with Gasteiger partial charge in [0, 0.05) is 12.1 Å². The van der Waals surface area contributed by atoms with E-state index in [2.05, 4.69) is 27.8 Å². The van der Waals surface area contributed by atoms with Gasteiger partial charge in [-0.2, -0.15) is 0 Å². The Balaban J connectivity index is 1.24. The normalized spacial score (nSPS) is 15.0. The average molecular weight is 472 g/mol. The van der Waals surface area contributed by atoms with Crippen LogP contribution < -0.4 is 10.6 Å². The Labute approximate surface area is 202 Å². The van der Waals surface area contributed by atoms with E-state index in [1.165, 1.54) is 18.5 Å². The number of carbonyl (C=O) groups is 3. The summed E-state index contributed by atoms with van der Waals surface area (Å²) in [6, 6.07) is 16.7. The van der Waals surface area contributed by atoms with Crippen LogP contribution in [0.5, 0.6) is 0 Å². The van der Waals surface area contributed by atoms with Crippen LogP contribution in [-0.2, 0) is 9.53 Å². The first-order valence-electron chi connectivity index (χ1n) is 11.6. The zero-order valence-electron chi connectivity index (χ0n) is 18.9. The molecule has 0 bridgehead atoms. The summed E-state index contributed by atoms with van der Waals surface area (Å²) >= 11 is 0. The molecule has 3 aromatic rings. The molecular weight excluding hydrogens is 446 g/mol. The average Bonchev–Trinajstić information content (AvgIpc) is 3.63. The highest BCUT2D eigenvalue weighted by Crippen LogP contribution is 2.44. The lowest BCUT2D eigenvalue weighted by Crippen LogP contribution is -2.44. The number of fused-ring (bicyclic) bond motifs is 3. The lowest BCUT2D eigenvalue weighted by Gasteiger charge is -2.20. The SMILES string of the molecule is O=C(NC(CC1CC1)C(=O)Nc1cncc(C(=O)O)c1)OCC1c2ccccc2-c2ccccc21. The van der Waals surface area contributed by atoms with Crippen molar-refractivity contribution in [2.75, 3.05) is 11.9 Å². The number of aromatic nitrogens is 1. The van der Waals surface area contributed by atoms with Crippen LogP contribution in [-0.4, -0.2) is 40.7 Å². The zero-order chi connectivity index (χ0) is 24.4. The number of carboxylic acid groups (broad SMARTS) is 1. The molecule has 1 saturated carbocycles. The molecule has 0 radical (unpaired) electrons. The van der Waals surface area contributed by atoms with Crippen molar-refractivity contribution in [2.24, 2.45) is 5.92 Å². The number of pyridine rings is 1. The molecule has 0 aliphatic heterocycles. The zero-order valence-corrected chi connectivity index (χ0v) is 18.9. The van der Waals surface area contributed by atoms with Crippen molar-refractivity contribution in [2.45, 2.75) is 31.2 Å². The van der Waals surface area contributed by atoms with Gasteiger partial charge in [0.05, 0.1) is 17.4 Å². The van der Waals surface area contributed by atoms with Crippen molar-refractivity contribution >= 4 is 23.7 Å². The van der Waals surface area contributed by atoms with E-state index < -0.39 is 24.0 Å². The first kappa shape index (κ1) is 22.6. The Morgan fingerprint density at radius 1 is 1.00 bits per heavy atom. The molecule has 1 aromatic heterocycles. The van der Waals surface area contributed by atoms with Crippen LogP contribution in [0.4, 0.5) is 10.5 Å². The number of nitrogens with zero attached hydrogens (tertiary/aromatic N) is 1. The molecule has 2 aliphatic rings. The standard InChI is InChI=1S/C27H25N3O5/c31-25(29-18-12-17(26(32)33)13-28-14-18)24(11-16-9-10-16)30-27(34)35-15-23-21-7-3-1-5-19(21)20-6-2-4-8-22(20)23/h1-8,12-14,16,23-24H,9-11,15H2,(H,29,31)(H,30,34)(H,32,33). The van der Waals surface area contributed by atoms with E-state index >= 15 is 0 Å². The Hall–Kier alpha value is -4.20. The number of carboxylic acids is 1. The number of hydrogen-bond acceptors (Lipinski definition) is 5. The fourth-order valence-corrected chi connectivity index (χ4v) is 4.56. The van der Waals surface area contributed by atoms with Crippen LogP contribution in [0.25, 0.3) is 11.1 Å². The van der Waals surface area contributed by atoms with Crippen molar-refractivity contribution in [1.29, 1.82) is 0 Å². The largest absolute Gasteiger partial charge is 0.478 e. The van der Waals surface area contributed by atoms with Gasteiger partial charge in [0.2, 0.25) is 5.91 Å². The van der Waals surface area contributed by atoms with Crippen molar-refractivity contribution < 1.29 is 24.2 Å². The molecular formula is C27H25N3O5. The summed E-state index contributed by atoms with van der Waals surface area (Å²) in [5.41, 5.74) is 4.72. The third-order valence-electron chi connectivity index (χ3n) is 6.47. The van der Waals surface area contributed by atoms with Gasteiger partial charge in [-0.05, 0) is 40.7 Å².